The van der Waals surface area contributed by atoms with Gasteiger partial charge in [-0.1, -0.05) is 5.92 Å². The fraction of sp³-hybridized carbons (Fsp3) is 0.667. The van der Waals surface area contributed by atoms with E-state index in [9.17, 15) is 4.79 Å². The summed E-state index contributed by atoms with van der Waals surface area (Å²) in [5.41, 5.74) is 0. The Bertz CT molecular complexity index is 195. The van der Waals surface area contributed by atoms with Crippen molar-refractivity contribution in [3.8, 4) is 12.3 Å². The van der Waals surface area contributed by atoms with Crippen LogP contribution >= 0.6 is 0 Å². The van der Waals surface area contributed by atoms with Crippen LogP contribution < -0.4 is 10.6 Å². The minimum absolute atomic E-state index is 0.0800. The van der Waals surface area contributed by atoms with Crippen LogP contribution in [0.5, 0.6) is 0 Å². The van der Waals surface area contributed by atoms with Crippen molar-refractivity contribution in [2.75, 3.05) is 13.1 Å². The molecular weight excluding hydrogens is 152 g/mol. The van der Waals surface area contributed by atoms with Gasteiger partial charge in [-0.05, 0) is 19.3 Å². The van der Waals surface area contributed by atoms with Crippen molar-refractivity contribution < 1.29 is 4.79 Å². The van der Waals surface area contributed by atoms with Gasteiger partial charge in [0, 0.05) is 6.54 Å². The smallest absolute Gasteiger partial charge is 0.237 e. The van der Waals surface area contributed by atoms with Crippen LogP contribution in [0.1, 0.15) is 19.3 Å². The predicted octanol–water partition coefficient (Wildman–Crippen LogP) is -0.122. The molecule has 0 radical (unpaired) electrons. The van der Waals surface area contributed by atoms with Crippen LogP contribution in [0.2, 0.25) is 0 Å². The second-order valence-corrected chi connectivity index (χ2v) is 2.92. The molecule has 0 spiro atoms. The molecule has 2 N–H and O–H groups in total. The Morgan fingerprint density at radius 2 is 2.50 bits per heavy atom. The van der Waals surface area contributed by atoms with E-state index in [1.165, 1.54) is 0 Å². The van der Waals surface area contributed by atoms with Gasteiger partial charge in [-0.15, -0.1) is 6.42 Å². The first kappa shape index (κ1) is 9.08. The highest BCUT2D eigenvalue weighted by atomic mass is 16.2. The van der Waals surface area contributed by atoms with Crippen molar-refractivity contribution in [1.82, 2.24) is 10.6 Å². The Balaban J connectivity index is 2.38. The molecule has 0 bridgehead atoms. The quantitative estimate of drug-likeness (QED) is 0.561. The highest BCUT2D eigenvalue weighted by molar-refractivity contribution is 5.81. The third-order valence-electron chi connectivity index (χ3n) is 1.99. The zero-order valence-corrected chi connectivity index (χ0v) is 7.10. The summed E-state index contributed by atoms with van der Waals surface area (Å²) in [7, 11) is 0. The highest BCUT2D eigenvalue weighted by Crippen LogP contribution is 2.04. The fourth-order valence-corrected chi connectivity index (χ4v) is 1.32. The second-order valence-electron chi connectivity index (χ2n) is 2.92. The number of terminal acetylenes is 1. The van der Waals surface area contributed by atoms with Crippen molar-refractivity contribution in [3.05, 3.63) is 0 Å². The van der Waals surface area contributed by atoms with Crippen molar-refractivity contribution in [2.45, 2.75) is 25.3 Å². The third-order valence-corrected chi connectivity index (χ3v) is 1.99. The Morgan fingerprint density at radius 1 is 1.67 bits per heavy atom. The summed E-state index contributed by atoms with van der Waals surface area (Å²) < 4.78 is 0. The van der Waals surface area contributed by atoms with E-state index < -0.39 is 0 Å². The van der Waals surface area contributed by atoms with E-state index in [2.05, 4.69) is 16.6 Å². The lowest BCUT2D eigenvalue weighted by Crippen LogP contribution is -2.42. The number of rotatable bonds is 2. The maximum absolute atomic E-state index is 11.3. The van der Waals surface area contributed by atoms with Gasteiger partial charge in [0.15, 0.2) is 0 Å². The van der Waals surface area contributed by atoms with Crippen molar-refractivity contribution >= 4 is 5.91 Å². The van der Waals surface area contributed by atoms with Crippen molar-refractivity contribution in [1.29, 1.82) is 0 Å². The molecule has 1 rings (SSSR count). The van der Waals surface area contributed by atoms with Crippen LogP contribution in [0, 0.1) is 12.3 Å². The minimum atomic E-state index is -0.0800. The third kappa shape index (κ3) is 2.55. The number of nitrogens with one attached hydrogen (secondary N) is 2. The molecule has 0 aromatic heterocycles. The molecule has 0 aromatic rings. The van der Waals surface area contributed by atoms with Gasteiger partial charge in [-0.25, -0.2) is 0 Å². The lowest BCUT2D eigenvalue weighted by atomic mass is 10.1. The van der Waals surface area contributed by atoms with Crippen LogP contribution in [0.4, 0.5) is 0 Å². The molecule has 0 saturated carbocycles. The van der Waals surface area contributed by atoms with Crippen molar-refractivity contribution in [3.63, 3.8) is 0 Å². The van der Waals surface area contributed by atoms with Gasteiger partial charge in [0.05, 0.1) is 12.6 Å². The molecule has 1 heterocycles. The van der Waals surface area contributed by atoms with Crippen LogP contribution in [-0.4, -0.2) is 25.0 Å². The van der Waals surface area contributed by atoms with Gasteiger partial charge in [0.2, 0.25) is 5.91 Å². The molecule has 1 aliphatic heterocycles. The van der Waals surface area contributed by atoms with E-state index in [1.54, 1.807) is 0 Å². The summed E-state index contributed by atoms with van der Waals surface area (Å²) >= 11 is 0. The molecule has 1 fully saturated rings. The zero-order chi connectivity index (χ0) is 8.81. The molecular formula is C9H14N2O. The van der Waals surface area contributed by atoms with Crippen LogP contribution in [0.25, 0.3) is 0 Å². The molecule has 1 saturated heterocycles. The summed E-state index contributed by atoms with van der Waals surface area (Å²) in [5.74, 6) is 2.55. The van der Waals surface area contributed by atoms with E-state index in [4.69, 9.17) is 6.42 Å². The predicted molar refractivity (Wildman–Crippen MR) is 47.5 cm³/mol. The van der Waals surface area contributed by atoms with Gasteiger partial charge in [0.25, 0.3) is 0 Å². The molecule has 66 valence electrons. The largest absolute Gasteiger partial charge is 0.355 e. The molecule has 3 heteroatoms. The maximum atomic E-state index is 11.3. The van der Waals surface area contributed by atoms with E-state index >= 15 is 0 Å². The van der Waals surface area contributed by atoms with E-state index in [1.807, 2.05) is 0 Å². The average Bonchev–Trinajstić information content (AvgIpc) is 2.27. The zero-order valence-electron chi connectivity index (χ0n) is 7.10. The first-order chi connectivity index (χ1) is 5.84. The number of hydrogen-bond acceptors (Lipinski definition) is 2. The highest BCUT2D eigenvalue weighted by Gasteiger charge is 2.18. The molecule has 12 heavy (non-hydrogen) atoms. The Morgan fingerprint density at radius 3 is 3.25 bits per heavy atom. The average molecular weight is 166 g/mol. The number of carbonyl (C=O) groups excluding carboxylic acids is 1. The summed E-state index contributed by atoms with van der Waals surface area (Å²) in [5, 5.41) is 5.85. The SMILES string of the molecule is C#CCNC1CCCCNC1=O. The van der Waals surface area contributed by atoms with Crippen molar-refractivity contribution in [2.24, 2.45) is 0 Å². The lowest BCUT2D eigenvalue weighted by Gasteiger charge is -2.12. The first-order valence-electron chi connectivity index (χ1n) is 4.29. The molecule has 1 atom stereocenters. The van der Waals surface area contributed by atoms with E-state index in [-0.39, 0.29) is 11.9 Å². The topological polar surface area (TPSA) is 41.1 Å². The molecule has 0 aliphatic carbocycles. The maximum Gasteiger partial charge on any atom is 0.237 e. The van der Waals surface area contributed by atoms with Crippen LogP contribution in [0.3, 0.4) is 0 Å². The van der Waals surface area contributed by atoms with Crippen LogP contribution in [0.15, 0.2) is 0 Å². The Labute approximate surface area is 72.9 Å². The molecule has 1 unspecified atom stereocenters. The molecule has 0 aromatic carbocycles. The van der Waals surface area contributed by atoms with Crippen LogP contribution in [-0.2, 0) is 4.79 Å². The molecule has 3 nitrogen and oxygen atoms in total. The van der Waals surface area contributed by atoms with Gasteiger partial charge < -0.3 is 5.32 Å². The number of hydrogen-bond donors (Lipinski definition) is 2. The summed E-state index contributed by atoms with van der Waals surface area (Å²) in [6, 6.07) is -0.0800. The summed E-state index contributed by atoms with van der Waals surface area (Å²) in [6.45, 7) is 1.27. The van der Waals surface area contributed by atoms with E-state index in [0.717, 1.165) is 25.8 Å². The Hall–Kier alpha value is -1.01. The van der Waals surface area contributed by atoms with Gasteiger partial charge >= 0.3 is 0 Å². The van der Waals surface area contributed by atoms with Gasteiger partial charge in [0.1, 0.15) is 0 Å². The fourth-order valence-electron chi connectivity index (χ4n) is 1.32. The Kier molecular flexibility index (Phi) is 3.62. The molecule has 1 aliphatic rings. The van der Waals surface area contributed by atoms with Gasteiger partial charge in [-0.2, -0.15) is 0 Å². The number of carbonyl (C=O) groups is 1. The normalized spacial score (nSPS) is 23.9. The first-order valence-corrected chi connectivity index (χ1v) is 4.29. The second kappa shape index (κ2) is 4.78. The van der Waals surface area contributed by atoms with E-state index in [0.29, 0.717) is 6.54 Å². The minimum Gasteiger partial charge on any atom is -0.355 e. The summed E-state index contributed by atoms with van der Waals surface area (Å²) in [6.07, 6.45) is 8.14. The summed E-state index contributed by atoms with van der Waals surface area (Å²) in [4.78, 5) is 11.3. The standard InChI is InChI=1S/C9H14N2O/c1-2-6-10-8-5-3-4-7-11-9(8)12/h1,8,10H,3-7H2,(H,11,12). The molecule has 1 amide bonds. The lowest BCUT2D eigenvalue weighted by molar-refractivity contribution is -0.122. The van der Waals surface area contributed by atoms with Gasteiger partial charge in [-0.3, -0.25) is 10.1 Å². The number of amides is 1. The monoisotopic (exact) mass is 166 g/mol.